The number of sulfonamides is 1. The molecule has 3 rings (SSSR count). The highest BCUT2D eigenvalue weighted by atomic mass is 35.5. The highest BCUT2D eigenvalue weighted by Crippen LogP contribution is 2.28. The molecule has 1 aromatic carbocycles. The molecule has 1 saturated heterocycles. The van der Waals surface area contributed by atoms with E-state index in [1.165, 1.54) is 22.5 Å². The van der Waals surface area contributed by atoms with Gasteiger partial charge in [0.15, 0.2) is 5.76 Å². The zero-order valence-corrected chi connectivity index (χ0v) is 16.2. The predicted molar refractivity (Wildman–Crippen MR) is 98.0 cm³/mol. The Morgan fingerprint density at radius 2 is 1.92 bits per heavy atom. The van der Waals surface area contributed by atoms with Gasteiger partial charge in [-0.25, -0.2) is 8.42 Å². The van der Waals surface area contributed by atoms with E-state index in [1.807, 2.05) is 0 Å². The van der Waals surface area contributed by atoms with Crippen LogP contribution in [0.1, 0.15) is 41.1 Å². The summed E-state index contributed by atoms with van der Waals surface area (Å²) in [4.78, 5) is 12.5. The molecule has 0 radical (unpaired) electrons. The Morgan fingerprint density at radius 1 is 1.23 bits per heavy atom. The van der Waals surface area contributed by atoms with Crippen molar-refractivity contribution in [1.82, 2.24) is 9.46 Å². The second kappa shape index (κ2) is 7.38. The third-order valence-electron chi connectivity index (χ3n) is 4.40. The number of amides is 1. The number of aromatic nitrogens is 1. The van der Waals surface area contributed by atoms with E-state index in [4.69, 9.17) is 16.1 Å². The van der Waals surface area contributed by atoms with E-state index < -0.39 is 15.9 Å². The van der Waals surface area contributed by atoms with Gasteiger partial charge in [-0.3, -0.25) is 4.79 Å². The molecule has 26 heavy (non-hydrogen) atoms. The monoisotopic (exact) mass is 397 g/mol. The third kappa shape index (κ3) is 3.62. The molecular weight excluding hydrogens is 378 g/mol. The minimum atomic E-state index is -3.74. The number of nitrogens with zero attached hydrogens (tertiary/aromatic N) is 2. The summed E-state index contributed by atoms with van der Waals surface area (Å²) < 4.78 is 32.2. The quantitative estimate of drug-likeness (QED) is 0.853. The zero-order chi connectivity index (χ0) is 18.9. The molecule has 1 aliphatic heterocycles. The first kappa shape index (κ1) is 18.9. The Labute approximate surface area is 157 Å². The number of benzene rings is 1. The van der Waals surface area contributed by atoms with Crippen molar-refractivity contribution in [2.45, 2.75) is 38.0 Å². The summed E-state index contributed by atoms with van der Waals surface area (Å²) in [6.07, 6.45) is 2.66. The lowest BCUT2D eigenvalue weighted by molar-refractivity contribution is 0.102. The molecule has 1 aromatic heterocycles. The molecule has 2 heterocycles. The Bertz CT molecular complexity index is 914. The van der Waals surface area contributed by atoms with Crippen molar-refractivity contribution in [3.8, 4) is 0 Å². The Balaban J connectivity index is 1.91. The van der Waals surface area contributed by atoms with E-state index in [1.54, 1.807) is 13.8 Å². The van der Waals surface area contributed by atoms with Crippen LogP contribution in [0.5, 0.6) is 0 Å². The van der Waals surface area contributed by atoms with E-state index in [-0.39, 0.29) is 15.5 Å². The normalized spacial score (nSPS) is 15.8. The third-order valence-corrected chi connectivity index (χ3v) is 6.78. The molecule has 140 valence electrons. The summed E-state index contributed by atoms with van der Waals surface area (Å²) in [6, 6.07) is 4.24. The molecule has 0 unspecified atom stereocenters. The fraction of sp³-hybridized carbons (Fsp3) is 0.412. The Kier molecular flexibility index (Phi) is 5.36. The van der Waals surface area contributed by atoms with Gasteiger partial charge >= 0.3 is 0 Å². The first-order valence-corrected chi connectivity index (χ1v) is 10.2. The van der Waals surface area contributed by atoms with Crippen molar-refractivity contribution in [2.24, 2.45) is 0 Å². The van der Waals surface area contributed by atoms with Gasteiger partial charge in [-0.1, -0.05) is 23.2 Å². The topological polar surface area (TPSA) is 92.5 Å². The lowest BCUT2D eigenvalue weighted by Gasteiger charge is -2.26. The number of carbonyl (C=O) groups is 1. The summed E-state index contributed by atoms with van der Waals surface area (Å²) in [6.45, 7) is 4.33. The molecule has 0 aliphatic carbocycles. The van der Waals surface area contributed by atoms with Crippen LogP contribution < -0.4 is 5.32 Å². The van der Waals surface area contributed by atoms with Gasteiger partial charge in [0.25, 0.3) is 5.91 Å². The zero-order valence-electron chi connectivity index (χ0n) is 14.6. The number of carbonyl (C=O) groups excluding carboxylic acids is 1. The van der Waals surface area contributed by atoms with Crippen LogP contribution in [0.2, 0.25) is 5.02 Å². The van der Waals surface area contributed by atoms with Gasteiger partial charge in [0.2, 0.25) is 10.0 Å². The van der Waals surface area contributed by atoms with E-state index >= 15 is 0 Å². The maximum Gasteiger partial charge on any atom is 0.255 e. The average molecular weight is 398 g/mol. The highest BCUT2D eigenvalue weighted by molar-refractivity contribution is 7.89. The maximum absolute atomic E-state index is 12.9. The van der Waals surface area contributed by atoms with Crippen molar-refractivity contribution in [3.63, 3.8) is 0 Å². The molecule has 0 bridgehead atoms. The highest BCUT2D eigenvalue weighted by Gasteiger charge is 2.29. The van der Waals surface area contributed by atoms with E-state index in [0.717, 1.165) is 19.3 Å². The SMILES string of the molecule is Cc1noc(C)c1NC(=O)c1ccc(Cl)c(S(=O)(=O)N2CCCCC2)c1. The standard InChI is InChI=1S/C17H20ClN3O4S/c1-11-16(12(2)25-20-11)19-17(22)13-6-7-14(18)15(10-13)26(23,24)21-8-4-3-5-9-21/h6-7,10H,3-5,8-9H2,1-2H3,(H,19,22). The van der Waals surface area contributed by atoms with Crippen LogP contribution in [-0.4, -0.2) is 36.9 Å². The molecule has 0 atom stereocenters. The molecule has 1 N–H and O–H groups in total. The first-order valence-electron chi connectivity index (χ1n) is 8.34. The summed E-state index contributed by atoms with van der Waals surface area (Å²) in [5.74, 6) is 0.0251. The minimum absolute atomic E-state index is 0.0486. The first-order chi connectivity index (χ1) is 12.3. The number of anilines is 1. The average Bonchev–Trinajstić information content (AvgIpc) is 2.94. The van der Waals surface area contributed by atoms with Crippen LogP contribution in [-0.2, 0) is 10.0 Å². The lowest BCUT2D eigenvalue weighted by Crippen LogP contribution is -2.35. The van der Waals surface area contributed by atoms with Crippen LogP contribution >= 0.6 is 11.6 Å². The molecule has 1 aliphatic rings. The van der Waals surface area contributed by atoms with Crippen molar-refractivity contribution in [2.75, 3.05) is 18.4 Å². The summed E-state index contributed by atoms with van der Waals surface area (Å²) in [7, 11) is -3.74. The van der Waals surface area contributed by atoms with E-state index in [9.17, 15) is 13.2 Å². The van der Waals surface area contributed by atoms with Gasteiger partial charge in [-0.05, 0) is 44.9 Å². The van der Waals surface area contributed by atoms with Crippen LogP contribution in [0.25, 0.3) is 0 Å². The molecule has 0 saturated carbocycles. The van der Waals surface area contributed by atoms with Gasteiger partial charge in [-0.2, -0.15) is 4.31 Å². The second-order valence-electron chi connectivity index (χ2n) is 6.26. The maximum atomic E-state index is 12.9. The fourth-order valence-corrected chi connectivity index (χ4v) is 4.95. The van der Waals surface area contributed by atoms with E-state index in [2.05, 4.69) is 10.5 Å². The van der Waals surface area contributed by atoms with Gasteiger partial charge in [0.1, 0.15) is 16.3 Å². The Hall–Kier alpha value is -1.90. The summed E-state index contributed by atoms with van der Waals surface area (Å²) >= 11 is 6.14. The number of rotatable bonds is 4. The van der Waals surface area contributed by atoms with Crippen molar-refractivity contribution in [3.05, 3.63) is 40.2 Å². The molecular formula is C17H20ClN3O4S. The summed E-state index contributed by atoms with van der Waals surface area (Å²) in [5, 5.41) is 6.59. The van der Waals surface area contributed by atoms with Gasteiger partial charge < -0.3 is 9.84 Å². The summed E-state index contributed by atoms with van der Waals surface area (Å²) in [5.41, 5.74) is 1.22. The largest absolute Gasteiger partial charge is 0.359 e. The Morgan fingerprint density at radius 3 is 2.54 bits per heavy atom. The van der Waals surface area contributed by atoms with Crippen LogP contribution in [0, 0.1) is 13.8 Å². The number of halogens is 1. The number of hydrogen-bond acceptors (Lipinski definition) is 5. The number of nitrogens with one attached hydrogen (secondary N) is 1. The van der Waals surface area contributed by atoms with Crippen LogP contribution in [0.4, 0.5) is 5.69 Å². The molecule has 2 aromatic rings. The molecule has 1 amide bonds. The fourth-order valence-electron chi connectivity index (χ4n) is 2.93. The number of piperidine rings is 1. The number of aryl methyl sites for hydroxylation is 2. The van der Waals surface area contributed by atoms with Crippen molar-refractivity contribution < 1.29 is 17.7 Å². The number of hydrogen-bond donors (Lipinski definition) is 1. The van der Waals surface area contributed by atoms with Gasteiger partial charge in [-0.15, -0.1) is 0 Å². The minimum Gasteiger partial charge on any atom is -0.359 e. The molecule has 0 spiro atoms. The van der Waals surface area contributed by atoms with Crippen LogP contribution in [0.15, 0.2) is 27.6 Å². The van der Waals surface area contributed by atoms with Gasteiger partial charge in [0, 0.05) is 18.7 Å². The molecule has 7 nitrogen and oxygen atoms in total. The van der Waals surface area contributed by atoms with E-state index in [0.29, 0.717) is 30.2 Å². The van der Waals surface area contributed by atoms with Gasteiger partial charge in [0.05, 0.1) is 5.02 Å². The van der Waals surface area contributed by atoms with Crippen molar-refractivity contribution in [1.29, 1.82) is 0 Å². The lowest BCUT2D eigenvalue weighted by atomic mass is 10.2. The predicted octanol–water partition coefficient (Wildman–Crippen LogP) is 3.37. The smallest absolute Gasteiger partial charge is 0.255 e. The van der Waals surface area contributed by atoms with Crippen LogP contribution in [0.3, 0.4) is 0 Å². The molecule has 9 heteroatoms. The van der Waals surface area contributed by atoms with Crippen molar-refractivity contribution >= 4 is 33.2 Å². The molecule has 1 fully saturated rings. The second-order valence-corrected chi connectivity index (χ2v) is 8.58.